The second-order valence-electron chi connectivity index (χ2n) is 9.05. The fourth-order valence-corrected chi connectivity index (χ4v) is 3.74. The van der Waals surface area contributed by atoms with Crippen molar-refractivity contribution in [2.75, 3.05) is 6.61 Å². The van der Waals surface area contributed by atoms with Crippen LogP contribution in [-0.2, 0) is 16.0 Å². The van der Waals surface area contributed by atoms with Gasteiger partial charge in [0.2, 0.25) is 0 Å². The average molecular weight is 445 g/mol. The van der Waals surface area contributed by atoms with Crippen molar-refractivity contribution in [3.8, 4) is 5.75 Å². The highest BCUT2D eigenvalue weighted by atomic mass is 16.5. The van der Waals surface area contributed by atoms with Crippen molar-refractivity contribution in [3.05, 3.63) is 41.0 Å². The Bertz CT molecular complexity index is 701. The van der Waals surface area contributed by atoms with Gasteiger partial charge in [0.15, 0.2) is 5.78 Å². The molecular weight excluding hydrogens is 400 g/mol. The maximum atomic E-state index is 12.2. The molecule has 0 aliphatic rings. The Morgan fingerprint density at radius 1 is 0.875 bits per heavy atom. The van der Waals surface area contributed by atoms with Crippen molar-refractivity contribution in [2.45, 2.75) is 111 Å². The first-order valence-electron chi connectivity index (χ1n) is 12.6. The second-order valence-corrected chi connectivity index (χ2v) is 9.05. The number of phenolic OH excluding ortho intramolecular Hbond substituents is 1. The Morgan fingerprint density at radius 2 is 1.44 bits per heavy atom. The third-order valence-corrected chi connectivity index (χ3v) is 5.63. The Kier molecular flexibility index (Phi) is 15.2. The quantitative estimate of drug-likeness (QED) is 0.109. The van der Waals surface area contributed by atoms with Crippen LogP contribution >= 0.6 is 0 Å². The van der Waals surface area contributed by atoms with Crippen LogP contribution in [0.4, 0.5) is 0 Å². The number of hydrogen-bond donors (Lipinski definition) is 1. The minimum absolute atomic E-state index is 0.0276. The van der Waals surface area contributed by atoms with Crippen LogP contribution in [0.1, 0.15) is 120 Å². The van der Waals surface area contributed by atoms with Gasteiger partial charge in [0.1, 0.15) is 5.75 Å². The monoisotopic (exact) mass is 444 g/mol. The molecule has 0 bridgehead atoms. The first-order chi connectivity index (χ1) is 15.4. The number of phenols is 1. The molecule has 1 aromatic rings. The Labute approximate surface area is 195 Å². The molecule has 32 heavy (non-hydrogen) atoms. The van der Waals surface area contributed by atoms with Crippen LogP contribution in [-0.4, -0.2) is 23.5 Å². The maximum Gasteiger partial charge on any atom is 0.305 e. The van der Waals surface area contributed by atoms with Crippen LogP contribution < -0.4 is 0 Å². The summed E-state index contributed by atoms with van der Waals surface area (Å²) >= 11 is 0. The number of rotatable bonds is 18. The summed E-state index contributed by atoms with van der Waals surface area (Å²) in [6.45, 7) is 6.23. The fourth-order valence-electron chi connectivity index (χ4n) is 3.74. The summed E-state index contributed by atoms with van der Waals surface area (Å²) in [6, 6.07) is 4.96. The van der Waals surface area contributed by atoms with Crippen molar-refractivity contribution in [2.24, 2.45) is 0 Å². The molecule has 4 nitrogen and oxygen atoms in total. The van der Waals surface area contributed by atoms with Gasteiger partial charge in [-0.1, -0.05) is 89.2 Å². The summed E-state index contributed by atoms with van der Waals surface area (Å²) in [4.78, 5) is 24.1. The van der Waals surface area contributed by atoms with E-state index in [1.807, 2.05) is 13.8 Å². The van der Waals surface area contributed by atoms with Crippen LogP contribution in [0, 0.1) is 0 Å². The van der Waals surface area contributed by atoms with Crippen molar-refractivity contribution < 1.29 is 19.4 Å². The van der Waals surface area contributed by atoms with Gasteiger partial charge in [0.25, 0.3) is 0 Å². The van der Waals surface area contributed by atoms with E-state index in [9.17, 15) is 14.7 Å². The van der Waals surface area contributed by atoms with E-state index in [1.165, 1.54) is 76.4 Å². The number of carbonyl (C=O) groups is 2. The summed E-state index contributed by atoms with van der Waals surface area (Å²) in [5.41, 5.74) is 2.03. The maximum absolute atomic E-state index is 12.2. The lowest BCUT2D eigenvalue weighted by Gasteiger charge is -2.08. The number of ketones is 1. The van der Waals surface area contributed by atoms with Gasteiger partial charge in [0, 0.05) is 12.8 Å². The van der Waals surface area contributed by atoms with Gasteiger partial charge in [-0.25, -0.2) is 0 Å². The van der Waals surface area contributed by atoms with Gasteiger partial charge in [-0.3, -0.25) is 9.59 Å². The molecule has 0 saturated heterocycles. The highest BCUT2D eigenvalue weighted by Gasteiger charge is 2.10. The molecule has 4 heteroatoms. The van der Waals surface area contributed by atoms with Crippen LogP contribution in [0.5, 0.6) is 5.75 Å². The number of esters is 1. The van der Waals surface area contributed by atoms with Crippen LogP contribution in [0.2, 0.25) is 0 Å². The van der Waals surface area contributed by atoms with E-state index in [4.69, 9.17) is 4.74 Å². The van der Waals surface area contributed by atoms with E-state index in [1.54, 1.807) is 12.1 Å². The molecule has 0 aliphatic heterocycles. The lowest BCUT2D eigenvalue weighted by Crippen LogP contribution is -2.08. The van der Waals surface area contributed by atoms with Gasteiger partial charge in [0.05, 0.1) is 12.2 Å². The Hall–Kier alpha value is -2.10. The first-order valence-corrected chi connectivity index (χ1v) is 12.6. The molecule has 0 amide bonds. The highest BCUT2D eigenvalue weighted by molar-refractivity contribution is 6.06. The molecule has 0 atom stereocenters. The minimum Gasteiger partial charge on any atom is -0.507 e. The number of unbranched alkanes of at least 4 members (excludes halogenated alkanes) is 11. The lowest BCUT2D eigenvalue weighted by molar-refractivity contribution is -0.143. The van der Waals surface area contributed by atoms with Gasteiger partial charge in [-0.2, -0.15) is 0 Å². The van der Waals surface area contributed by atoms with Gasteiger partial charge in [-0.15, -0.1) is 0 Å². The number of carbonyl (C=O) groups excluding carboxylic acids is 2. The van der Waals surface area contributed by atoms with Crippen molar-refractivity contribution in [3.63, 3.8) is 0 Å². The summed E-state index contributed by atoms with van der Waals surface area (Å²) in [6.07, 6.45) is 17.8. The largest absolute Gasteiger partial charge is 0.507 e. The zero-order valence-electron chi connectivity index (χ0n) is 20.6. The standard InChI is InChI=1S/C28H44O4/c1-4-5-6-7-8-9-10-11-12-13-14-15-16-28(31)32-20-19-24-17-18-26(29)25(22-24)27(30)21-23(2)3/h17-18,21-22,29H,4-16,19-20H2,1-3H3. The van der Waals surface area contributed by atoms with Crippen molar-refractivity contribution in [1.82, 2.24) is 0 Å². The second kappa shape index (κ2) is 17.5. The topological polar surface area (TPSA) is 63.6 Å². The first kappa shape index (κ1) is 27.9. The lowest BCUT2D eigenvalue weighted by atomic mass is 10.0. The minimum atomic E-state index is -0.215. The van der Waals surface area contributed by atoms with E-state index in [0.29, 0.717) is 12.8 Å². The molecule has 1 rings (SSSR count). The summed E-state index contributed by atoms with van der Waals surface area (Å²) in [7, 11) is 0. The average Bonchev–Trinajstić information content (AvgIpc) is 2.75. The molecule has 0 aromatic heterocycles. The fraction of sp³-hybridized carbons (Fsp3) is 0.643. The Morgan fingerprint density at radius 3 is 2.00 bits per heavy atom. The number of aromatic hydroxyl groups is 1. The van der Waals surface area contributed by atoms with E-state index in [0.717, 1.165) is 24.0 Å². The SMILES string of the molecule is CCCCCCCCCCCCCCC(=O)OCCc1ccc(O)c(C(=O)C=C(C)C)c1. The molecule has 0 aliphatic carbocycles. The van der Waals surface area contributed by atoms with Gasteiger partial charge in [-0.05, 0) is 44.0 Å². The van der Waals surface area contributed by atoms with E-state index in [-0.39, 0.29) is 29.7 Å². The van der Waals surface area contributed by atoms with E-state index >= 15 is 0 Å². The molecule has 0 heterocycles. The molecule has 0 spiro atoms. The highest BCUT2D eigenvalue weighted by Crippen LogP contribution is 2.20. The summed E-state index contributed by atoms with van der Waals surface area (Å²) in [5, 5.41) is 9.94. The van der Waals surface area contributed by atoms with E-state index < -0.39 is 0 Å². The van der Waals surface area contributed by atoms with Crippen LogP contribution in [0.25, 0.3) is 0 Å². The molecule has 1 N–H and O–H groups in total. The Balaban J connectivity index is 2.11. The number of ether oxygens (including phenoxy) is 1. The summed E-state index contributed by atoms with van der Waals surface area (Å²) < 4.78 is 5.34. The van der Waals surface area contributed by atoms with E-state index in [2.05, 4.69) is 6.92 Å². The summed E-state index contributed by atoms with van der Waals surface area (Å²) in [5.74, 6) is -0.398. The molecule has 0 radical (unpaired) electrons. The molecule has 0 unspecified atom stereocenters. The molecular formula is C28H44O4. The predicted molar refractivity (Wildman–Crippen MR) is 132 cm³/mol. The zero-order valence-corrected chi connectivity index (χ0v) is 20.6. The van der Waals surface area contributed by atoms with Gasteiger partial charge >= 0.3 is 5.97 Å². The number of benzene rings is 1. The smallest absolute Gasteiger partial charge is 0.305 e. The molecule has 0 fully saturated rings. The number of allylic oxidation sites excluding steroid dienone is 2. The number of hydrogen-bond acceptors (Lipinski definition) is 4. The van der Waals surface area contributed by atoms with Crippen molar-refractivity contribution in [1.29, 1.82) is 0 Å². The molecule has 180 valence electrons. The predicted octanol–water partition coefficient (Wildman–Crippen LogP) is 7.72. The zero-order chi connectivity index (χ0) is 23.6. The molecule has 1 aromatic carbocycles. The normalized spacial score (nSPS) is 10.7. The van der Waals surface area contributed by atoms with Crippen LogP contribution in [0.3, 0.4) is 0 Å². The van der Waals surface area contributed by atoms with Crippen molar-refractivity contribution >= 4 is 11.8 Å². The third kappa shape index (κ3) is 13.3. The molecule has 0 saturated carbocycles. The van der Waals surface area contributed by atoms with Crippen LogP contribution in [0.15, 0.2) is 29.8 Å². The third-order valence-electron chi connectivity index (χ3n) is 5.63. The van der Waals surface area contributed by atoms with Gasteiger partial charge < -0.3 is 9.84 Å².